The fraction of sp³-hybridized carbons (Fsp3) is 0.120. The van der Waals surface area contributed by atoms with Gasteiger partial charge in [-0.3, -0.25) is 4.79 Å². The maximum Gasteiger partial charge on any atom is 0.328 e. The molecule has 4 nitrogen and oxygen atoms in total. The van der Waals surface area contributed by atoms with Crippen LogP contribution in [0.1, 0.15) is 11.1 Å². The zero-order chi connectivity index (χ0) is 23.1. The minimum Gasteiger partial charge on any atom is -0.467 e. The highest BCUT2D eigenvalue weighted by atomic mass is 35.5. The van der Waals surface area contributed by atoms with Crippen molar-refractivity contribution in [1.82, 2.24) is 5.32 Å². The molecule has 0 spiro atoms. The molecule has 0 saturated heterocycles. The van der Waals surface area contributed by atoms with Gasteiger partial charge in [0.1, 0.15) is 10.5 Å². The molecule has 3 rings (SSSR count). The van der Waals surface area contributed by atoms with Gasteiger partial charge in [0.05, 0.1) is 12.7 Å². The number of hydrogen-bond donors (Lipinski definition) is 1. The summed E-state index contributed by atoms with van der Waals surface area (Å²) in [6.45, 7) is 0. The molecule has 0 radical (unpaired) electrons. The second-order valence-electron chi connectivity index (χ2n) is 6.93. The maximum absolute atomic E-state index is 12.9. The number of carbonyl (C=O) groups excluding carboxylic acids is 2. The van der Waals surface area contributed by atoms with Gasteiger partial charge >= 0.3 is 5.97 Å². The lowest BCUT2D eigenvalue weighted by molar-refractivity contribution is -0.144. The molecule has 1 N–H and O–H groups in total. The minimum atomic E-state index is -0.926. The third-order valence-electron chi connectivity index (χ3n) is 4.85. The summed E-state index contributed by atoms with van der Waals surface area (Å²) in [5.74, 6) is -1.15. The van der Waals surface area contributed by atoms with Crippen LogP contribution in [0, 0.1) is 0 Å². The zero-order valence-corrected chi connectivity index (χ0v) is 19.4. The molecular weight excluding hydrogens is 469 g/mol. The lowest BCUT2D eigenvalue weighted by Crippen LogP contribution is -2.43. The first kappa shape index (κ1) is 23.9. The number of rotatable bonds is 7. The van der Waals surface area contributed by atoms with Crippen LogP contribution in [-0.2, 0) is 20.7 Å². The first-order valence-electron chi connectivity index (χ1n) is 9.74. The second-order valence-corrected chi connectivity index (χ2v) is 8.29. The summed E-state index contributed by atoms with van der Waals surface area (Å²) in [6.07, 6.45) is 0.225. The van der Waals surface area contributed by atoms with Crippen molar-refractivity contribution in [2.45, 2.75) is 12.5 Å². The molecule has 3 aromatic rings. The van der Waals surface area contributed by atoms with Gasteiger partial charge in [0, 0.05) is 17.0 Å². The maximum atomic E-state index is 12.9. The van der Waals surface area contributed by atoms with E-state index in [1.165, 1.54) is 7.11 Å². The Bertz CT molecular complexity index is 1120. The van der Waals surface area contributed by atoms with Gasteiger partial charge in [-0.1, -0.05) is 108 Å². The molecule has 0 bridgehead atoms. The standard InChI is InChI=1S/C25H20Cl3NO3/c1-32-25(31)21(29-24(30)22(23(27)28)18-7-3-2-4-8-18)15-16-11-13-17(14-12-16)19-9-5-6-10-20(19)26/h2-14,21H,15H2,1H3,(H,29,30)/t21-/m0/s1. The van der Waals surface area contributed by atoms with E-state index in [2.05, 4.69) is 5.32 Å². The Hall–Kier alpha value is -2.79. The Morgan fingerprint density at radius 1 is 0.906 bits per heavy atom. The van der Waals surface area contributed by atoms with E-state index in [4.69, 9.17) is 39.5 Å². The summed E-state index contributed by atoms with van der Waals surface area (Å²) in [4.78, 5) is 25.3. The summed E-state index contributed by atoms with van der Waals surface area (Å²) in [6, 6.07) is 23.0. The van der Waals surface area contributed by atoms with Crippen LogP contribution in [0.15, 0.2) is 83.4 Å². The van der Waals surface area contributed by atoms with E-state index in [1.54, 1.807) is 24.3 Å². The van der Waals surface area contributed by atoms with E-state index in [0.29, 0.717) is 10.6 Å². The Balaban J connectivity index is 1.80. The normalized spacial score (nSPS) is 11.4. The van der Waals surface area contributed by atoms with Gasteiger partial charge in [0.2, 0.25) is 0 Å². The van der Waals surface area contributed by atoms with Crippen molar-refractivity contribution in [3.63, 3.8) is 0 Å². The van der Waals surface area contributed by atoms with Gasteiger partial charge in [0.15, 0.2) is 0 Å². The molecule has 7 heteroatoms. The molecule has 0 saturated carbocycles. The summed E-state index contributed by atoms with van der Waals surface area (Å²) in [5, 5.41) is 3.34. The topological polar surface area (TPSA) is 55.4 Å². The van der Waals surface area contributed by atoms with Crippen molar-refractivity contribution in [3.8, 4) is 11.1 Å². The highest BCUT2D eigenvalue weighted by Crippen LogP contribution is 2.28. The molecule has 0 aliphatic carbocycles. The van der Waals surface area contributed by atoms with Gasteiger partial charge in [-0.2, -0.15) is 0 Å². The number of ether oxygens (including phenoxy) is 1. The molecule has 3 aromatic carbocycles. The monoisotopic (exact) mass is 487 g/mol. The average molecular weight is 489 g/mol. The van der Waals surface area contributed by atoms with E-state index in [0.717, 1.165) is 16.7 Å². The molecule has 0 aliphatic rings. The van der Waals surface area contributed by atoms with Crippen LogP contribution >= 0.6 is 34.8 Å². The van der Waals surface area contributed by atoms with Crippen molar-refractivity contribution < 1.29 is 14.3 Å². The Labute approximate surface area is 201 Å². The minimum absolute atomic E-state index is 0.0805. The fourth-order valence-corrected chi connectivity index (χ4v) is 3.88. The van der Waals surface area contributed by atoms with Crippen molar-refractivity contribution in [2.24, 2.45) is 0 Å². The lowest BCUT2D eigenvalue weighted by atomic mass is 10.00. The van der Waals surface area contributed by atoms with E-state index in [9.17, 15) is 9.59 Å². The smallest absolute Gasteiger partial charge is 0.328 e. The molecule has 32 heavy (non-hydrogen) atoms. The predicted molar refractivity (Wildman–Crippen MR) is 130 cm³/mol. The molecule has 164 valence electrons. The van der Waals surface area contributed by atoms with Gasteiger partial charge in [-0.05, 0) is 22.8 Å². The van der Waals surface area contributed by atoms with Crippen LogP contribution in [0.25, 0.3) is 16.7 Å². The van der Waals surface area contributed by atoms with Crippen molar-refractivity contribution in [3.05, 3.63) is 99.5 Å². The third kappa shape index (κ3) is 5.92. The van der Waals surface area contributed by atoms with Crippen molar-refractivity contribution in [2.75, 3.05) is 7.11 Å². The van der Waals surface area contributed by atoms with Gasteiger partial charge in [-0.15, -0.1) is 0 Å². The van der Waals surface area contributed by atoms with E-state index in [1.807, 2.05) is 54.6 Å². The first-order chi connectivity index (χ1) is 15.4. The number of nitrogens with one attached hydrogen (secondary N) is 1. The highest BCUT2D eigenvalue weighted by molar-refractivity contribution is 6.61. The van der Waals surface area contributed by atoms with Crippen LogP contribution in [0.4, 0.5) is 0 Å². The van der Waals surface area contributed by atoms with E-state index in [-0.39, 0.29) is 16.5 Å². The molecule has 1 amide bonds. The molecule has 0 heterocycles. The number of halogens is 3. The third-order valence-corrected chi connectivity index (χ3v) is 5.56. The number of methoxy groups -OCH3 is 1. The second kappa shape index (κ2) is 11.2. The van der Waals surface area contributed by atoms with Crippen LogP contribution in [0.5, 0.6) is 0 Å². The van der Waals surface area contributed by atoms with Crippen LogP contribution in [0.2, 0.25) is 5.02 Å². The number of hydrogen-bond acceptors (Lipinski definition) is 3. The predicted octanol–water partition coefficient (Wildman–Crippen LogP) is 6.05. The molecular formula is C25H20Cl3NO3. The molecule has 0 fully saturated rings. The van der Waals surface area contributed by atoms with Crippen LogP contribution in [-0.4, -0.2) is 25.0 Å². The Morgan fingerprint density at radius 3 is 2.12 bits per heavy atom. The SMILES string of the molecule is COC(=O)[C@H](Cc1ccc(-c2ccccc2Cl)cc1)NC(=O)C(=C(Cl)Cl)c1ccccc1. The summed E-state index contributed by atoms with van der Waals surface area (Å²) in [5.41, 5.74) is 3.31. The molecule has 0 unspecified atom stereocenters. The largest absolute Gasteiger partial charge is 0.467 e. The van der Waals surface area contributed by atoms with Crippen LogP contribution < -0.4 is 5.32 Å². The molecule has 0 aliphatic heterocycles. The quantitative estimate of drug-likeness (QED) is 0.325. The Kier molecular flexibility index (Phi) is 8.34. The first-order valence-corrected chi connectivity index (χ1v) is 10.9. The zero-order valence-electron chi connectivity index (χ0n) is 17.1. The number of amides is 1. The average Bonchev–Trinajstić information content (AvgIpc) is 2.79. The van der Waals surface area contributed by atoms with Gasteiger partial charge in [-0.25, -0.2) is 4.79 Å². The van der Waals surface area contributed by atoms with E-state index < -0.39 is 17.9 Å². The molecule has 1 atom stereocenters. The van der Waals surface area contributed by atoms with E-state index >= 15 is 0 Å². The highest BCUT2D eigenvalue weighted by Gasteiger charge is 2.25. The summed E-state index contributed by atoms with van der Waals surface area (Å²) >= 11 is 18.2. The molecule has 0 aromatic heterocycles. The Morgan fingerprint density at radius 2 is 1.53 bits per heavy atom. The number of carbonyl (C=O) groups is 2. The summed E-state index contributed by atoms with van der Waals surface area (Å²) in [7, 11) is 1.27. The fourth-order valence-electron chi connectivity index (χ4n) is 3.25. The number of esters is 1. The van der Waals surface area contributed by atoms with Crippen molar-refractivity contribution in [1.29, 1.82) is 0 Å². The van der Waals surface area contributed by atoms with Crippen molar-refractivity contribution >= 4 is 52.3 Å². The van der Waals surface area contributed by atoms with Gasteiger partial charge in [0.25, 0.3) is 5.91 Å². The summed E-state index contributed by atoms with van der Waals surface area (Å²) < 4.78 is 4.69. The number of benzene rings is 3. The van der Waals surface area contributed by atoms with Crippen LogP contribution in [0.3, 0.4) is 0 Å². The van der Waals surface area contributed by atoms with Gasteiger partial charge < -0.3 is 10.1 Å². The lowest BCUT2D eigenvalue weighted by Gasteiger charge is -2.18.